The number of rotatable bonds is 12. The van der Waals surface area contributed by atoms with Crippen LogP contribution in [0.3, 0.4) is 0 Å². The third kappa shape index (κ3) is 11.3. The van der Waals surface area contributed by atoms with Gasteiger partial charge in [0.05, 0.1) is 101 Å². The van der Waals surface area contributed by atoms with E-state index in [1.54, 1.807) is 91.8 Å². The van der Waals surface area contributed by atoms with Crippen LogP contribution in [0.25, 0.3) is 51.8 Å². The molecule has 1 N–H and O–H groups in total. The van der Waals surface area contributed by atoms with Gasteiger partial charge in [-0.05, 0) is 86.6 Å². The summed E-state index contributed by atoms with van der Waals surface area (Å²) in [5.74, 6) is -2.08. The normalized spacial score (nSPS) is 11.5. The highest BCUT2D eigenvalue weighted by atomic mass is 32.1. The number of carbonyl (C=O) groups is 5. The largest absolute Gasteiger partial charge is 0.461 e. The van der Waals surface area contributed by atoms with Gasteiger partial charge >= 0.3 is 22.9 Å². The number of benzene rings is 1. The first-order valence-corrected chi connectivity index (χ1v) is 28.0. The minimum absolute atomic E-state index is 0.0662. The zero-order valence-corrected chi connectivity index (χ0v) is 48.9. The van der Waals surface area contributed by atoms with Gasteiger partial charge in [0.1, 0.15) is 28.4 Å². The van der Waals surface area contributed by atoms with Crippen molar-refractivity contribution in [2.24, 2.45) is 28.2 Å². The number of carbonyl (C=O) groups excluding carboxylic acids is 5. The number of aromatic nitrogens is 6. The van der Waals surface area contributed by atoms with Crippen LogP contribution in [-0.4, -0.2) is 87.9 Å². The van der Waals surface area contributed by atoms with Gasteiger partial charge in [-0.15, -0.1) is 34.0 Å². The van der Waals surface area contributed by atoms with Crippen molar-refractivity contribution in [2.45, 2.75) is 75.0 Å². The van der Waals surface area contributed by atoms with E-state index in [0.29, 0.717) is 57.0 Å². The van der Waals surface area contributed by atoms with Crippen LogP contribution in [0.5, 0.6) is 0 Å². The van der Waals surface area contributed by atoms with Gasteiger partial charge in [-0.3, -0.25) is 24.5 Å². The smallest absolute Gasteiger partial charge is 0.355 e. The first kappa shape index (κ1) is 59.0. The predicted molar refractivity (Wildman–Crippen MR) is 308 cm³/mol. The summed E-state index contributed by atoms with van der Waals surface area (Å²) < 4.78 is 40.5. The Bertz CT molecular complexity index is 4100. The summed E-state index contributed by atoms with van der Waals surface area (Å²) in [5.41, 5.74) is 7.27. The molecule has 19 nitrogen and oxygen atoms in total. The van der Waals surface area contributed by atoms with Crippen molar-refractivity contribution in [3.63, 3.8) is 0 Å². The number of nitrogens with zero attached hydrogens (tertiary/aromatic N) is 7. The zero-order valence-electron chi connectivity index (χ0n) is 45.7. The average Bonchev–Trinajstić information content (AvgIpc) is 4.44. The standard InChI is InChI=1S/C18H16FN3OS.C13H17NO3S.C12H12N2O5S.C12H13NO3S/c1-10-8-14-17(24-10)15-11(2)20-22(18(23)16(15)21(14)3)9-12-6-4-5-7-13(12)19;1-5-17-13(16)11-10(8(3)15)12-9(14(11)4)6-7(2)18-12;1-4-19-12(16)10-9(6(2)15)11-7(13(10)3)5-8(20-11)14(17)18;1-4-16-12(15)10-8(6-14)11-9(13(10)3)5-7(2)17-11/h4-8H,9H2,1-3H3;6,8,15H,5H2,1-4H3;5H,4H2,1-3H3;5-6H,4H2,1-3H3. The van der Waals surface area contributed by atoms with Crippen LogP contribution in [0.2, 0.25) is 0 Å². The number of fused-ring (bicyclic) bond motifs is 6. The van der Waals surface area contributed by atoms with E-state index >= 15 is 0 Å². The van der Waals surface area contributed by atoms with E-state index < -0.39 is 23.0 Å². The Hall–Kier alpha value is -7.64. The first-order chi connectivity index (χ1) is 37.4. The molecule has 9 aromatic heterocycles. The second-order valence-electron chi connectivity index (χ2n) is 18.1. The number of aldehydes is 1. The van der Waals surface area contributed by atoms with Crippen molar-refractivity contribution in [1.82, 2.24) is 28.0 Å². The number of ketones is 1. The molecule has 79 heavy (non-hydrogen) atoms. The van der Waals surface area contributed by atoms with E-state index in [1.165, 1.54) is 44.5 Å². The molecule has 0 fully saturated rings. The van der Waals surface area contributed by atoms with Crippen LogP contribution >= 0.6 is 45.3 Å². The minimum Gasteiger partial charge on any atom is -0.461 e. The summed E-state index contributed by atoms with van der Waals surface area (Å²) >= 11 is 5.65. The average molecular weight is 1160 g/mol. The molecule has 0 radical (unpaired) electrons. The van der Waals surface area contributed by atoms with Crippen molar-refractivity contribution >= 4 is 132 Å². The van der Waals surface area contributed by atoms with Crippen LogP contribution in [0.4, 0.5) is 9.39 Å². The molecule has 1 unspecified atom stereocenters. The molecule has 0 aliphatic heterocycles. The number of aryl methyl sites for hydroxylation is 8. The van der Waals surface area contributed by atoms with Crippen LogP contribution in [-0.2, 0) is 48.9 Å². The van der Waals surface area contributed by atoms with E-state index in [0.717, 1.165) is 69.1 Å². The lowest BCUT2D eigenvalue weighted by atomic mass is 10.1. The maximum absolute atomic E-state index is 13.9. The summed E-state index contributed by atoms with van der Waals surface area (Å²) in [4.78, 5) is 85.4. The summed E-state index contributed by atoms with van der Waals surface area (Å²) in [5, 5.41) is 26.0. The topological polar surface area (TPSA) is 231 Å². The van der Waals surface area contributed by atoms with Crippen LogP contribution < -0.4 is 5.56 Å². The van der Waals surface area contributed by atoms with Crippen LogP contribution in [0.1, 0.15) is 124 Å². The van der Waals surface area contributed by atoms with Gasteiger partial charge < -0.3 is 37.6 Å². The second kappa shape index (κ2) is 24.2. The van der Waals surface area contributed by atoms with Gasteiger partial charge in [-0.25, -0.2) is 23.5 Å². The van der Waals surface area contributed by atoms with Crippen molar-refractivity contribution in [3.8, 4) is 0 Å². The molecule has 1 atom stereocenters. The van der Waals surface area contributed by atoms with Crippen molar-refractivity contribution in [3.05, 3.63) is 134 Å². The van der Waals surface area contributed by atoms with E-state index in [1.807, 2.05) is 51.6 Å². The molecule has 10 rings (SSSR count). The van der Waals surface area contributed by atoms with Crippen molar-refractivity contribution in [2.75, 3.05) is 19.8 Å². The highest BCUT2D eigenvalue weighted by Gasteiger charge is 2.30. The van der Waals surface area contributed by atoms with Gasteiger partial charge in [-0.1, -0.05) is 29.5 Å². The molecule has 0 spiro atoms. The highest BCUT2D eigenvalue weighted by molar-refractivity contribution is 7.22. The zero-order chi connectivity index (χ0) is 58.1. The maximum Gasteiger partial charge on any atom is 0.355 e. The van der Waals surface area contributed by atoms with Gasteiger partial charge in [0.2, 0.25) is 0 Å². The lowest BCUT2D eigenvalue weighted by molar-refractivity contribution is -0.380. The molecule has 0 aliphatic carbocycles. The number of thiophene rings is 4. The predicted octanol–water partition coefficient (Wildman–Crippen LogP) is 11.6. The molecule has 0 saturated carbocycles. The Morgan fingerprint density at radius 1 is 0.722 bits per heavy atom. The Morgan fingerprint density at radius 2 is 1.20 bits per heavy atom. The molecular formula is C55H58FN7O12S4. The Morgan fingerprint density at radius 3 is 1.73 bits per heavy atom. The maximum atomic E-state index is 13.9. The third-order valence-electron chi connectivity index (χ3n) is 12.7. The Kier molecular flexibility index (Phi) is 18.1. The number of halogens is 1. The first-order valence-electron chi connectivity index (χ1n) is 24.7. The SMILES string of the molecule is CCOC(=O)c1c(C(C)=O)c2sc([N+](=O)[O-])cc2n1C.CCOC(=O)c1c(C(C)O)c2sc(C)cc2n1C.CCOC(=O)c1c(C=O)c2sc(C)cc2n1C.Cc1cc2c(s1)c1c(C)nn(Cc3ccccc3F)c(=O)c1n2C. The quantitative estimate of drug-likeness (QED) is 0.0300. The molecule has 0 saturated heterocycles. The molecule has 1 aromatic carbocycles. The molecular weight excluding hydrogens is 1100 g/mol. The van der Waals surface area contributed by atoms with E-state index in [2.05, 4.69) is 18.1 Å². The Balaban J connectivity index is 0.000000154. The van der Waals surface area contributed by atoms with E-state index in [-0.39, 0.29) is 52.5 Å². The number of Topliss-reactive ketones (excluding diaryl/α,β-unsaturated/α-hetero) is 1. The fourth-order valence-electron chi connectivity index (χ4n) is 9.35. The lowest BCUT2D eigenvalue weighted by Gasteiger charge is -2.09. The molecule has 0 aliphatic rings. The summed E-state index contributed by atoms with van der Waals surface area (Å²) in [6.45, 7) is 17.1. The summed E-state index contributed by atoms with van der Waals surface area (Å²) in [6.07, 6.45) is 0.0380. The number of ether oxygens (including phenoxy) is 3. The number of aliphatic hydroxyl groups is 1. The van der Waals surface area contributed by atoms with Gasteiger partial charge in [0, 0.05) is 59.3 Å². The van der Waals surface area contributed by atoms with E-state index in [9.17, 15) is 48.4 Å². The number of hydrogen-bond acceptors (Lipinski definition) is 17. The summed E-state index contributed by atoms with van der Waals surface area (Å²) in [6, 6.07) is 13.9. The molecule has 0 bridgehead atoms. The molecule has 10 aromatic rings. The number of hydrogen-bond donors (Lipinski definition) is 1. The minimum atomic E-state index is -0.689. The summed E-state index contributed by atoms with van der Waals surface area (Å²) in [7, 11) is 7.07. The molecule has 9 heterocycles. The monoisotopic (exact) mass is 1160 g/mol. The van der Waals surface area contributed by atoms with Crippen LogP contribution in [0.15, 0.2) is 53.3 Å². The molecule has 24 heteroatoms. The van der Waals surface area contributed by atoms with Crippen molar-refractivity contribution in [1.29, 1.82) is 0 Å². The lowest BCUT2D eigenvalue weighted by Crippen LogP contribution is -2.26. The fraction of sp³-hybridized carbons (Fsp3) is 0.327. The molecule has 0 amide bonds. The Labute approximate surface area is 467 Å². The number of aliphatic hydroxyl groups excluding tert-OH is 1. The number of nitro groups is 1. The second-order valence-corrected chi connectivity index (χ2v) is 22.9. The van der Waals surface area contributed by atoms with Gasteiger partial charge in [0.25, 0.3) is 5.56 Å². The number of esters is 3. The van der Waals surface area contributed by atoms with Gasteiger partial charge in [0.15, 0.2) is 12.1 Å². The van der Waals surface area contributed by atoms with Gasteiger partial charge in [-0.2, -0.15) is 5.10 Å². The van der Waals surface area contributed by atoms with Crippen LogP contribution in [0, 0.1) is 43.6 Å². The fourth-order valence-corrected chi connectivity index (χ4v) is 13.8. The van der Waals surface area contributed by atoms with Crippen molar-refractivity contribution < 1.29 is 52.6 Å². The van der Waals surface area contributed by atoms with E-state index in [4.69, 9.17) is 14.2 Å². The third-order valence-corrected chi connectivity index (χ3v) is 17.0. The molecule has 416 valence electrons. The highest BCUT2D eigenvalue weighted by Crippen LogP contribution is 2.39.